The number of nitrogens with one attached hydrogen (secondary N) is 1. The molecule has 0 unspecified atom stereocenters. The summed E-state index contributed by atoms with van der Waals surface area (Å²) in [5, 5.41) is 41.5. The third kappa shape index (κ3) is 4.39. The molecule has 0 atom stereocenters. The number of para-hydroxylation sites is 2. The van der Waals surface area contributed by atoms with Crippen LogP contribution < -0.4 is 10.1 Å². The first-order valence-corrected chi connectivity index (χ1v) is 8.68. The number of phenolic OH excluding ortho intramolecular Hbond substituents is 1. The fourth-order valence-electron chi connectivity index (χ4n) is 2.56. The number of hydrogen-bond donors (Lipinski definition) is 4. The summed E-state index contributed by atoms with van der Waals surface area (Å²) >= 11 is 5.81. The van der Waals surface area contributed by atoms with Crippen LogP contribution in [-0.2, 0) is 0 Å². The van der Waals surface area contributed by atoms with Gasteiger partial charge in [-0.1, -0.05) is 23.7 Å². The monoisotopic (exact) mass is 413 g/mol. The lowest BCUT2D eigenvalue weighted by atomic mass is 10.1. The van der Waals surface area contributed by atoms with E-state index >= 15 is 0 Å². The van der Waals surface area contributed by atoms with Crippen LogP contribution in [0.3, 0.4) is 0 Å². The summed E-state index contributed by atoms with van der Waals surface area (Å²) in [6.45, 7) is 0. The number of anilines is 2. The van der Waals surface area contributed by atoms with Crippen LogP contribution in [0, 0.1) is 0 Å². The molecule has 0 saturated heterocycles. The predicted molar refractivity (Wildman–Crippen MR) is 109 cm³/mol. The van der Waals surface area contributed by atoms with Gasteiger partial charge in [0.1, 0.15) is 22.7 Å². The number of hydrogen-bond acceptors (Lipinski definition) is 7. The number of aromatic hydroxyl groups is 2. The molecule has 0 fully saturated rings. The highest BCUT2D eigenvalue weighted by atomic mass is 35.5. The number of carboxylic acids is 1. The second kappa shape index (κ2) is 8.49. The van der Waals surface area contributed by atoms with Gasteiger partial charge < -0.3 is 25.4 Å². The first kappa shape index (κ1) is 20.0. The molecule has 8 nitrogen and oxygen atoms in total. The van der Waals surface area contributed by atoms with E-state index < -0.39 is 23.0 Å². The van der Waals surface area contributed by atoms with Gasteiger partial charge in [0, 0.05) is 11.1 Å². The van der Waals surface area contributed by atoms with E-state index in [1.54, 1.807) is 48.5 Å². The Balaban J connectivity index is 2.04. The SMILES string of the molecule is COc1ccccc1Nc1cc(O)c(N=Nc2ccc(Cl)cc2)c(C(=O)O)c1O. The summed E-state index contributed by atoms with van der Waals surface area (Å²) in [5.74, 6) is -2.09. The molecule has 0 amide bonds. The molecule has 3 aromatic carbocycles. The summed E-state index contributed by atoms with van der Waals surface area (Å²) < 4.78 is 5.22. The van der Waals surface area contributed by atoms with Crippen LogP contribution in [0.5, 0.6) is 17.2 Å². The lowest BCUT2D eigenvalue weighted by Crippen LogP contribution is -2.01. The number of azo groups is 1. The quantitative estimate of drug-likeness (QED) is 0.236. The molecule has 0 aliphatic rings. The zero-order chi connectivity index (χ0) is 21.0. The van der Waals surface area contributed by atoms with Gasteiger partial charge in [0.25, 0.3) is 0 Å². The number of phenols is 2. The molecule has 0 heterocycles. The molecule has 148 valence electrons. The Kier molecular flexibility index (Phi) is 5.85. The number of halogens is 1. The molecule has 29 heavy (non-hydrogen) atoms. The third-order valence-corrected chi connectivity index (χ3v) is 4.19. The van der Waals surface area contributed by atoms with Crippen LogP contribution in [-0.4, -0.2) is 28.4 Å². The summed E-state index contributed by atoms with van der Waals surface area (Å²) in [4.78, 5) is 11.7. The number of nitrogens with zero attached hydrogens (tertiary/aromatic N) is 2. The van der Waals surface area contributed by atoms with E-state index in [2.05, 4.69) is 15.5 Å². The van der Waals surface area contributed by atoms with Gasteiger partial charge in [0.2, 0.25) is 0 Å². The maximum absolute atomic E-state index is 11.7. The third-order valence-electron chi connectivity index (χ3n) is 3.93. The average molecular weight is 414 g/mol. The molecular formula is C20H16ClN3O5. The Morgan fingerprint density at radius 2 is 1.72 bits per heavy atom. The van der Waals surface area contributed by atoms with Crippen molar-refractivity contribution in [3.8, 4) is 17.2 Å². The van der Waals surface area contributed by atoms with Crippen LogP contribution in [0.25, 0.3) is 0 Å². The lowest BCUT2D eigenvalue weighted by molar-refractivity contribution is 0.0694. The summed E-state index contributed by atoms with van der Waals surface area (Å²) in [6, 6.07) is 14.3. The van der Waals surface area contributed by atoms with E-state index in [0.717, 1.165) is 6.07 Å². The fourth-order valence-corrected chi connectivity index (χ4v) is 2.68. The second-order valence-electron chi connectivity index (χ2n) is 5.82. The van der Waals surface area contributed by atoms with Gasteiger partial charge in [-0.2, -0.15) is 5.11 Å². The highest BCUT2D eigenvalue weighted by molar-refractivity contribution is 6.30. The van der Waals surface area contributed by atoms with Crippen LogP contribution in [0.4, 0.5) is 22.7 Å². The predicted octanol–water partition coefficient (Wildman–Crippen LogP) is 5.62. The molecule has 0 radical (unpaired) electrons. The van der Waals surface area contributed by atoms with Crippen LogP contribution in [0.15, 0.2) is 64.8 Å². The normalized spacial score (nSPS) is 10.8. The van der Waals surface area contributed by atoms with E-state index in [4.69, 9.17) is 16.3 Å². The highest BCUT2D eigenvalue weighted by Gasteiger charge is 2.24. The van der Waals surface area contributed by atoms with E-state index in [1.807, 2.05) is 0 Å². The summed E-state index contributed by atoms with van der Waals surface area (Å²) in [6.07, 6.45) is 0. The van der Waals surface area contributed by atoms with Crippen molar-refractivity contribution >= 4 is 40.3 Å². The molecule has 0 aliphatic heterocycles. The van der Waals surface area contributed by atoms with E-state index in [0.29, 0.717) is 22.1 Å². The Morgan fingerprint density at radius 1 is 1.03 bits per heavy atom. The fraction of sp³-hybridized carbons (Fsp3) is 0.0500. The largest absolute Gasteiger partial charge is 0.506 e. The van der Waals surface area contributed by atoms with Crippen molar-refractivity contribution in [3.63, 3.8) is 0 Å². The lowest BCUT2D eigenvalue weighted by Gasteiger charge is -2.15. The Labute approximate surface area is 170 Å². The first-order valence-electron chi connectivity index (χ1n) is 8.30. The summed E-state index contributed by atoms with van der Waals surface area (Å²) in [7, 11) is 1.47. The van der Waals surface area contributed by atoms with Gasteiger partial charge in [-0.3, -0.25) is 0 Å². The van der Waals surface area contributed by atoms with Gasteiger partial charge in [-0.05, 0) is 36.4 Å². The van der Waals surface area contributed by atoms with E-state index in [9.17, 15) is 20.1 Å². The molecular weight excluding hydrogens is 398 g/mol. The highest BCUT2D eigenvalue weighted by Crippen LogP contribution is 2.44. The zero-order valence-electron chi connectivity index (χ0n) is 15.1. The first-order chi connectivity index (χ1) is 13.9. The van der Waals surface area contributed by atoms with Crippen molar-refractivity contribution < 1.29 is 24.9 Å². The molecule has 0 bridgehead atoms. The van der Waals surface area contributed by atoms with Crippen molar-refractivity contribution in [2.75, 3.05) is 12.4 Å². The zero-order valence-corrected chi connectivity index (χ0v) is 15.9. The minimum absolute atomic E-state index is 0.0326. The standard InChI is InChI=1S/C20H16ClN3O5/c1-29-16-5-3-2-4-13(16)22-14-10-15(25)18(17(19(14)26)20(27)28)24-23-12-8-6-11(21)7-9-12/h2-10,22,25-26H,1H3,(H,27,28). The second-order valence-corrected chi connectivity index (χ2v) is 6.26. The van der Waals surface area contributed by atoms with Gasteiger partial charge in [-0.15, -0.1) is 5.11 Å². The maximum atomic E-state index is 11.7. The Bertz CT molecular complexity index is 1080. The van der Waals surface area contributed by atoms with Gasteiger partial charge in [0.15, 0.2) is 5.75 Å². The number of carboxylic acid groups (broad SMARTS) is 1. The molecule has 4 N–H and O–H groups in total. The van der Waals surface area contributed by atoms with Crippen molar-refractivity contribution in [2.45, 2.75) is 0 Å². The molecule has 9 heteroatoms. The number of ether oxygens (including phenoxy) is 1. The molecule has 0 saturated carbocycles. The van der Waals surface area contributed by atoms with Gasteiger partial charge in [-0.25, -0.2) is 4.79 Å². The van der Waals surface area contributed by atoms with Gasteiger partial charge >= 0.3 is 5.97 Å². The number of benzene rings is 3. The van der Waals surface area contributed by atoms with Crippen LogP contribution >= 0.6 is 11.6 Å². The van der Waals surface area contributed by atoms with E-state index in [-0.39, 0.29) is 11.4 Å². The smallest absolute Gasteiger partial charge is 0.342 e. The van der Waals surface area contributed by atoms with Crippen molar-refractivity contribution in [3.05, 3.63) is 65.2 Å². The van der Waals surface area contributed by atoms with Crippen LogP contribution in [0.1, 0.15) is 10.4 Å². The van der Waals surface area contributed by atoms with Crippen molar-refractivity contribution in [2.24, 2.45) is 10.2 Å². The number of carbonyl (C=O) groups is 1. The number of rotatable bonds is 6. The minimum Gasteiger partial charge on any atom is -0.506 e. The number of aromatic carboxylic acids is 1. The Hall–Kier alpha value is -3.78. The maximum Gasteiger partial charge on any atom is 0.342 e. The summed E-state index contributed by atoms with van der Waals surface area (Å²) in [5.41, 5.74) is -0.150. The van der Waals surface area contributed by atoms with E-state index in [1.165, 1.54) is 7.11 Å². The van der Waals surface area contributed by atoms with Crippen molar-refractivity contribution in [1.29, 1.82) is 0 Å². The number of methoxy groups -OCH3 is 1. The molecule has 0 spiro atoms. The molecule has 0 aliphatic carbocycles. The molecule has 0 aromatic heterocycles. The minimum atomic E-state index is -1.48. The van der Waals surface area contributed by atoms with Crippen LogP contribution in [0.2, 0.25) is 5.02 Å². The Morgan fingerprint density at radius 3 is 2.38 bits per heavy atom. The topological polar surface area (TPSA) is 124 Å². The average Bonchev–Trinajstić information content (AvgIpc) is 2.70. The molecule has 3 aromatic rings. The molecule has 3 rings (SSSR count). The van der Waals surface area contributed by atoms with Crippen molar-refractivity contribution in [1.82, 2.24) is 0 Å². The van der Waals surface area contributed by atoms with Gasteiger partial charge in [0.05, 0.1) is 24.2 Å².